The molecule has 2 N–H and O–H groups in total. The molecule has 9 heteroatoms. The molecule has 1 aliphatic heterocycles. The van der Waals surface area contributed by atoms with Crippen molar-refractivity contribution >= 4 is 17.0 Å². The number of fused-ring (bicyclic) bond motifs is 1. The van der Waals surface area contributed by atoms with Crippen LogP contribution in [0, 0.1) is 6.92 Å². The normalized spacial score (nSPS) is 22.4. The first-order valence-electron chi connectivity index (χ1n) is 8.42. The van der Waals surface area contributed by atoms with Crippen molar-refractivity contribution in [3.63, 3.8) is 0 Å². The predicted molar refractivity (Wildman–Crippen MR) is 91.3 cm³/mol. The summed E-state index contributed by atoms with van der Waals surface area (Å²) in [6.07, 6.45) is -5.09. The summed E-state index contributed by atoms with van der Waals surface area (Å²) in [6, 6.07) is 4.06. The van der Waals surface area contributed by atoms with Crippen molar-refractivity contribution in [2.75, 3.05) is 6.54 Å². The molecule has 3 rings (SSSR count). The number of nitrogens with zero attached hydrogens (tertiary/aromatic N) is 1. The second-order valence-corrected chi connectivity index (χ2v) is 7.28. The topological polar surface area (TPSA) is 74.8 Å². The minimum Gasteiger partial charge on any atom is -0.438 e. The molecule has 2 heterocycles. The number of nitrogens with one attached hydrogen (secondary N) is 1. The van der Waals surface area contributed by atoms with Gasteiger partial charge < -0.3 is 19.6 Å². The standard InChI is InChI=1S/C18H21F3N2O4/c1-10-12(7-8-23-15(24)27-16(2,3)17(23,4)25)13-9-11(26-18(19,20)21)5-6-14(13)22-10/h5-6,9,22,25H,7-8H2,1-4H3/t17-/m0/s1. The van der Waals surface area contributed by atoms with Gasteiger partial charge in [-0.05, 0) is 57.9 Å². The van der Waals surface area contributed by atoms with Crippen LogP contribution in [0.1, 0.15) is 32.0 Å². The number of benzene rings is 1. The first kappa shape index (κ1) is 19.3. The van der Waals surface area contributed by atoms with Gasteiger partial charge in [-0.25, -0.2) is 4.79 Å². The number of hydrogen-bond donors (Lipinski definition) is 2. The maximum Gasteiger partial charge on any atom is 0.573 e. The van der Waals surface area contributed by atoms with Crippen molar-refractivity contribution in [2.45, 2.75) is 51.8 Å². The molecule has 0 unspecified atom stereocenters. The number of carbonyl (C=O) groups is 1. The van der Waals surface area contributed by atoms with Crippen LogP contribution < -0.4 is 4.74 Å². The van der Waals surface area contributed by atoms with Gasteiger partial charge in [0.1, 0.15) is 5.75 Å². The second kappa shape index (κ2) is 6.05. The highest BCUT2D eigenvalue weighted by atomic mass is 19.4. The highest BCUT2D eigenvalue weighted by Gasteiger charge is 2.56. The van der Waals surface area contributed by atoms with Gasteiger partial charge in [0, 0.05) is 23.1 Å². The lowest BCUT2D eigenvalue weighted by molar-refractivity contribution is -0.274. The minimum absolute atomic E-state index is 0.146. The Morgan fingerprint density at radius 1 is 1.30 bits per heavy atom. The van der Waals surface area contributed by atoms with E-state index >= 15 is 0 Å². The Morgan fingerprint density at radius 2 is 1.96 bits per heavy atom. The van der Waals surface area contributed by atoms with E-state index in [0.29, 0.717) is 17.3 Å². The molecule has 1 aliphatic rings. The summed E-state index contributed by atoms with van der Waals surface area (Å²) in [5, 5.41) is 11.2. The number of aliphatic hydroxyl groups is 1. The summed E-state index contributed by atoms with van der Waals surface area (Å²) in [5.74, 6) is -0.316. The largest absolute Gasteiger partial charge is 0.573 e. The van der Waals surface area contributed by atoms with Crippen LogP contribution in [0.25, 0.3) is 10.9 Å². The average molecular weight is 386 g/mol. The third-order valence-corrected chi connectivity index (χ3v) is 5.14. The first-order chi connectivity index (χ1) is 12.3. The van der Waals surface area contributed by atoms with Gasteiger partial charge in [0.25, 0.3) is 0 Å². The zero-order valence-electron chi connectivity index (χ0n) is 15.4. The molecule has 1 atom stereocenters. The van der Waals surface area contributed by atoms with Gasteiger partial charge in [-0.2, -0.15) is 0 Å². The molecule has 0 bridgehead atoms. The highest BCUT2D eigenvalue weighted by molar-refractivity contribution is 5.86. The molecule has 27 heavy (non-hydrogen) atoms. The number of rotatable bonds is 4. The number of carbonyl (C=O) groups excluding carboxylic acids is 1. The molecule has 0 spiro atoms. The molecule has 1 amide bonds. The number of alkyl halides is 3. The Morgan fingerprint density at radius 3 is 2.52 bits per heavy atom. The molecule has 1 fully saturated rings. The summed E-state index contributed by atoms with van der Waals surface area (Å²) >= 11 is 0. The Kier molecular flexibility index (Phi) is 4.33. The molecule has 1 saturated heterocycles. The van der Waals surface area contributed by atoms with Gasteiger partial charge in [0.15, 0.2) is 11.3 Å². The zero-order valence-corrected chi connectivity index (χ0v) is 15.4. The van der Waals surface area contributed by atoms with E-state index in [-0.39, 0.29) is 12.3 Å². The number of aryl methyl sites for hydroxylation is 1. The van der Waals surface area contributed by atoms with Crippen LogP contribution in [-0.2, 0) is 11.2 Å². The van der Waals surface area contributed by atoms with Crippen LogP contribution in [0.3, 0.4) is 0 Å². The maximum atomic E-state index is 12.5. The smallest absolute Gasteiger partial charge is 0.438 e. The summed E-state index contributed by atoms with van der Waals surface area (Å²) in [5.41, 5.74) is -0.415. The van der Waals surface area contributed by atoms with Gasteiger partial charge >= 0.3 is 12.5 Å². The molecule has 2 aromatic rings. The van der Waals surface area contributed by atoms with E-state index in [1.54, 1.807) is 20.8 Å². The minimum atomic E-state index is -4.78. The van der Waals surface area contributed by atoms with Gasteiger partial charge in [-0.1, -0.05) is 0 Å². The van der Waals surface area contributed by atoms with Crippen LogP contribution in [0.5, 0.6) is 5.75 Å². The fraction of sp³-hybridized carbons (Fsp3) is 0.500. The van der Waals surface area contributed by atoms with Crippen molar-refractivity contribution in [3.8, 4) is 5.75 Å². The van der Waals surface area contributed by atoms with Crippen molar-refractivity contribution in [3.05, 3.63) is 29.5 Å². The molecular formula is C18H21F3N2O4. The molecule has 0 radical (unpaired) electrons. The van der Waals surface area contributed by atoms with Crippen LogP contribution >= 0.6 is 0 Å². The van der Waals surface area contributed by atoms with E-state index in [1.165, 1.54) is 30.0 Å². The second-order valence-electron chi connectivity index (χ2n) is 7.28. The third-order valence-electron chi connectivity index (χ3n) is 5.14. The van der Waals surface area contributed by atoms with E-state index in [0.717, 1.165) is 11.3 Å². The van der Waals surface area contributed by atoms with E-state index < -0.39 is 23.8 Å². The summed E-state index contributed by atoms with van der Waals surface area (Å²) in [6.45, 7) is 6.66. The molecule has 0 aliphatic carbocycles. The summed E-state index contributed by atoms with van der Waals surface area (Å²) in [4.78, 5) is 16.4. The summed E-state index contributed by atoms with van der Waals surface area (Å²) < 4.78 is 46.7. The number of aromatic amines is 1. The lowest BCUT2D eigenvalue weighted by atomic mass is 9.95. The summed E-state index contributed by atoms with van der Waals surface area (Å²) in [7, 11) is 0. The first-order valence-corrected chi connectivity index (χ1v) is 8.42. The van der Waals surface area contributed by atoms with Gasteiger partial charge in [0.05, 0.1) is 0 Å². The molecule has 0 saturated carbocycles. The number of H-pyrrole nitrogens is 1. The predicted octanol–water partition coefficient (Wildman–Crippen LogP) is 3.86. The maximum absolute atomic E-state index is 12.5. The Labute approximate surface area is 153 Å². The number of hydrogen-bond acceptors (Lipinski definition) is 4. The van der Waals surface area contributed by atoms with E-state index in [9.17, 15) is 23.1 Å². The van der Waals surface area contributed by atoms with Crippen LogP contribution in [0.15, 0.2) is 18.2 Å². The molecule has 1 aromatic carbocycles. The Balaban J connectivity index is 1.88. The lowest BCUT2D eigenvalue weighted by Gasteiger charge is -2.34. The monoisotopic (exact) mass is 386 g/mol. The zero-order chi connectivity index (χ0) is 20.2. The van der Waals surface area contributed by atoms with E-state index in [1.807, 2.05) is 0 Å². The van der Waals surface area contributed by atoms with Crippen molar-refractivity contribution in [1.29, 1.82) is 0 Å². The van der Waals surface area contributed by atoms with Crippen molar-refractivity contribution in [2.24, 2.45) is 0 Å². The molecule has 1 aromatic heterocycles. The average Bonchev–Trinajstić information content (AvgIpc) is 2.87. The van der Waals surface area contributed by atoms with Crippen LogP contribution in [-0.4, -0.2) is 45.3 Å². The van der Waals surface area contributed by atoms with Crippen molar-refractivity contribution < 1.29 is 32.5 Å². The fourth-order valence-electron chi connectivity index (χ4n) is 3.29. The van der Waals surface area contributed by atoms with Crippen LogP contribution in [0.2, 0.25) is 0 Å². The quantitative estimate of drug-likeness (QED) is 0.837. The number of halogens is 3. The number of aromatic nitrogens is 1. The van der Waals surface area contributed by atoms with Gasteiger partial charge in [-0.15, -0.1) is 13.2 Å². The Bertz CT molecular complexity index is 887. The van der Waals surface area contributed by atoms with Gasteiger partial charge in [0.2, 0.25) is 0 Å². The van der Waals surface area contributed by atoms with Gasteiger partial charge in [-0.3, -0.25) is 4.90 Å². The fourth-order valence-corrected chi connectivity index (χ4v) is 3.29. The number of ether oxygens (including phenoxy) is 2. The van der Waals surface area contributed by atoms with E-state index in [4.69, 9.17) is 4.74 Å². The lowest BCUT2D eigenvalue weighted by Crippen LogP contribution is -2.54. The molecular weight excluding hydrogens is 365 g/mol. The molecule has 148 valence electrons. The number of cyclic esters (lactones) is 1. The van der Waals surface area contributed by atoms with E-state index in [2.05, 4.69) is 9.72 Å². The third kappa shape index (κ3) is 3.43. The Hall–Kier alpha value is -2.42. The highest BCUT2D eigenvalue weighted by Crippen LogP contribution is 2.37. The van der Waals surface area contributed by atoms with Crippen molar-refractivity contribution in [1.82, 2.24) is 9.88 Å². The SMILES string of the molecule is Cc1[nH]c2ccc(OC(F)(F)F)cc2c1CCN1C(=O)OC(C)(C)[C@]1(C)O. The number of amides is 1. The van der Waals surface area contributed by atoms with Crippen LogP contribution in [0.4, 0.5) is 18.0 Å². The molecule has 6 nitrogen and oxygen atoms in total.